The SMILES string of the molecule is CCCCC.CCCCCC1NC(=O)C2(CCN(Cc3ccc(Oc4ccc(CNC(=O)SN)cc4)cc3)CC2)N(CCCC)C1=O. The number of nitrogens with two attached hydrogens (primary N) is 1. The van der Waals surface area contributed by atoms with Crippen LogP contribution in [0.2, 0.25) is 0 Å². The van der Waals surface area contributed by atoms with Gasteiger partial charge in [0.15, 0.2) is 0 Å². The van der Waals surface area contributed by atoms with Crippen molar-refractivity contribution in [1.82, 2.24) is 20.4 Å². The van der Waals surface area contributed by atoms with E-state index in [0.717, 1.165) is 69.5 Å². The predicted molar refractivity (Wildman–Crippen MR) is 192 cm³/mol. The van der Waals surface area contributed by atoms with Crippen LogP contribution in [0.5, 0.6) is 11.5 Å². The number of amides is 3. The number of rotatable bonds is 15. The first-order chi connectivity index (χ1) is 22.8. The van der Waals surface area contributed by atoms with E-state index in [4.69, 9.17) is 9.88 Å². The van der Waals surface area contributed by atoms with Gasteiger partial charge in [-0.15, -0.1) is 0 Å². The molecule has 2 heterocycles. The summed E-state index contributed by atoms with van der Waals surface area (Å²) < 4.78 is 6.00. The molecular formula is C37H57N5O4S. The van der Waals surface area contributed by atoms with E-state index in [1.807, 2.05) is 41.3 Å². The largest absolute Gasteiger partial charge is 0.457 e. The first-order valence-electron chi connectivity index (χ1n) is 17.6. The minimum Gasteiger partial charge on any atom is -0.457 e. The van der Waals surface area contributed by atoms with Crippen LogP contribution in [0.4, 0.5) is 4.79 Å². The van der Waals surface area contributed by atoms with Gasteiger partial charge in [-0.2, -0.15) is 0 Å². The molecule has 3 amide bonds. The van der Waals surface area contributed by atoms with Crippen molar-refractivity contribution >= 4 is 29.0 Å². The summed E-state index contributed by atoms with van der Waals surface area (Å²) in [4.78, 5) is 42.7. The van der Waals surface area contributed by atoms with E-state index in [0.29, 0.717) is 43.6 Å². The number of ether oxygens (including phenoxy) is 1. The van der Waals surface area contributed by atoms with Crippen LogP contribution in [0.25, 0.3) is 0 Å². The van der Waals surface area contributed by atoms with E-state index in [9.17, 15) is 14.4 Å². The quantitative estimate of drug-likeness (QED) is 0.133. The van der Waals surface area contributed by atoms with Crippen LogP contribution in [0.1, 0.15) is 109 Å². The van der Waals surface area contributed by atoms with Crippen molar-refractivity contribution in [3.8, 4) is 11.5 Å². The van der Waals surface area contributed by atoms with Crippen LogP contribution in [0.15, 0.2) is 48.5 Å². The molecule has 9 nitrogen and oxygen atoms in total. The van der Waals surface area contributed by atoms with Crippen molar-refractivity contribution in [3.63, 3.8) is 0 Å². The van der Waals surface area contributed by atoms with Gasteiger partial charge in [-0.05, 0) is 61.1 Å². The predicted octanol–water partition coefficient (Wildman–Crippen LogP) is 7.53. The molecular weight excluding hydrogens is 611 g/mol. The number of piperazine rings is 1. The number of carbonyl (C=O) groups is 3. The van der Waals surface area contributed by atoms with Crippen LogP contribution in [-0.2, 0) is 22.7 Å². The van der Waals surface area contributed by atoms with E-state index in [1.165, 1.54) is 24.8 Å². The van der Waals surface area contributed by atoms with Gasteiger partial charge in [-0.1, -0.05) is 96.9 Å². The van der Waals surface area contributed by atoms with Crippen LogP contribution < -0.4 is 20.5 Å². The molecule has 4 N–H and O–H groups in total. The number of likely N-dealkylation sites (tertiary alicyclic amines) is 1. The van der Waals surface area contributed by atoms with Gasteiger partial charge in [0, 0.05) is 44.7 Å². The number of carbonyl (C=O) groups excluding carboxylic acids is 3. The highest BCUT2D eigenvalue weighted by atomic mass is 32.2. The molecule has 2 aromatic rings. The number of nitrogens with one attached hydrogen (secondary N) is 2. The van der Waals surface area contributed by atoms with Crippen molar-refractivity contribution in [2.45, 2.75) is 123 Å². The molecule has 10 heteroatoms. The molecule has 2 aliphatic heterocycles. The second-order valence-corrected chi connectivity index (χ2v) is 13.3. The lowest BCUT2D eigenvalue weighted by atomic mass is 9.81. The van der Waals surface area contributed by atoms with E-state index in [2.05, 4.69) is 55.4 Å². The molecule has 0 aliphatic carbocycles. The lowest BCUT2D eigenvalue weighted by Gasteiger charge is -2.51. The molecule has 0 radical (unpaired) electrons. The van der Waals surface area contributed by atoms with Crippen LogP contribution in [0.3, 0.4) is 0 Å². The van der Waals surface area contributed by atoms with Gasteiger partial charge in [0.05, 0.1) is 0 Å². The lowest BCUT2D eigenvalue weighted by Crippen LogP contribution is -2.72. The Balaban J connectivity index is 0.00000111. The molecule has 47 heavy (non-hydrogen) atoms. The fourth-order valence-electron chi connectivity index (χ4n) is 6.19. The second kappa shape index (κ2) is 20.3. The molecule has 2 aliphatic rings. The summed E-state index contributed by atoms with van der Waals surface area (Å²) in [5.41, 5.74) is 1.40. The number of piperidine rings is 1. The highest BCUT2D eigenvalue weighted by molar-refractivity contribution is 8.11. The number of hydrogen-bond donors (Lipinski definition) is 3. The van der Waals surface area contributed by atoms with E-state index < -0.39 is 5.54 Å². The topological polar surface area (TPSA) is 117 Å². The maximum atomic E-state index is 13.5. The molecule has 2 fully saturated rings. The van der Waals surface area contributed by atoms with Gasteiger partial charge in [-0.25, -0.2) is 0 Å². The van der Waals surface area contributed by atoms with Crippen molar-refractivity contribution < 1.29 is 19.1 Å². The Morgan fingerprint density at radius 2 is 1.45 bits per heavy atom. The number of hydrogen-bond acceptors (Lipinski definition) is 7. The monoisotopic (exact) mass is 667 g/mol. The third kappa shape index (κ3) is 11.5. The third-order valence-electron chi connectivity index (χ3n) is 9.06. The van der Waals surface area contributed by atoms with E-state index >= 15 is 0 Å². The van der Waals surface area contributed by atoms with Crippen molar-refractivity contribution in [3.05, 3.63) is 59.7 Å². The minimum atomic E-state index is -0.730. The van der Waals surface area contributed by atoms with Gasteiger partial charge in [0.2, 0.25) is 11.8 Å². The van der Waals surface area contributed by atoms with Gasteiger partial charge < -0.3 is 20.3 Å². The summed E-state index contributed by atoms with van der Waals surface area (Å²) >= 11 is 0.663. The number of unbranched alkanes of at least 4 members (excludes halogenated alkanes) is 5. The fourth-order valence-corrected chi connectivity index (χ4v) is 6.35. The van der Waals surface area contributed by atoms with E-state index in [-0.39, 0.29) is 23.1 Å². The molecule has 4 rings (SSSR count). The molecule has 260 valence electrons. The van der Waals surface area contributed by atoms with Crippen LogP contribution in [0, 0.1) is 0 Å². The normalized spacial score (nSPS) is 17.6. The molecule has 1 atom stereocenters. The maximum absolute atomic E-state index is 13.5. The molecule has 2 aromatic carbocycles. The van der Waals surface area contributed by atoms with Gasteiger partial charge in [0.1, 0.15) is 23.1 Å². The van der Waals surface area contributed by atoms with Crippen molar-refractivity contribution in [2.75, 3.05) is 19.6 Å². The zero-order valence-corrected chi connectivity index (χ0v) is 29.8. The first-order valence-corrected chi connectivity index (χ1v) is 18.5. The molecule has 1 unspecified atom stereocenters. The standard InChI is InChI=1S/C32H45N5O4S.C5H12/c1-3-5-7-8-28-29(38)37(19-6-4-2)32(30(39)35-28)17-20-36(21-18-32)23-25-11-15-27(16-12-25)41-26-13-9-24(10-14-26)22-34-31(40)42-33;1-3-5-4-2/h9-16,28H,3-8,17-23,33H2,1-2H3,(H,34,40)(H,35,39);3-5H2,1-2H3. The average molecular weight is 668 g/mol. The molecule has 1 spiro atoms. The molecule has 0 saturated carbocycles. The third-order valence-corrected chi connectivity index (χ3v) is 9.42. The summed E-state index contributed by atoms with van der Waals surface area (Å²) in [6.45, 7) is 12.1. The lowest BCUT2D eigenvalue weighted by molar-refractivity contribution is -0.161. The average Bonchev–Trinajstić information content (AvgIpc) is 3.09. The second-order valence-electron chi connectivity index (χ2n) is 12.7. The summed E-state index contributed by atoms with van der Waals surface area (Å²) in [7, 11) is 0. The van der Waals surface area contributed by atoms with E-state index in [1.54, 1.807) is 0 Å². The Morgan fingerprint density at radius 3 is 1.98 bits per heavy atom. The molecule has 0 bridgehead atoms. The van der Waals surface area contributed by atoms with Crippen molar-refractivity contribution in [1.29, 1.82) is 0 Å². The zero-order valence-electron chi connectivity index (χ0n) is 29.0. The summed E-state index contributed by atoms with van der Waals surface area (Å²) in [6, 6.07) is 15.2. The Labute approximate surface area is 286 Å². The fraction of sp³-hybridized carbons (Fsp3) is 0.595. The molecule has 0 aromatic heterocycles. The summed E-state index contributed by atoms with van der Waals surface area (Å²) in [5.74, 6) is 1.60. The Bertz CT molecular complexity index is 1230. The van der Waals surface area contributed by atoms with Crippen LogP contribution in [-0.4, -0.2) is 58.1 Å². The number of nitrogens with zero attached hydrogens (tertiary/aromatic N) is 2. The van der Waals surface area contributed by atoms with Gasteiger partial charge >= 0.3 is 0 Å². The van der Waals surface area contributed by atoms with Gasteiger partial charge in [-0.3, -0.25) is 24.4 Å². The Kier molecular flexibility index (Phi) is 16.6. The van der Waals surface area contributed by atoms with Crippen molar-refractivity contribution in [2.24, 2.45) is 5.14 Å². The smallest absolute Gasteiger partial charge is 0.294 e. The Hall–Kier alpha value is -3.08. The zero-order chi connectivity index (χ0) is 34.1. The Morgan fingerprint density at radius 1 is 0.872 bits per heavy atom. The highest BCUT2D eigenvalue weighted by Gasteiger charge is 2.53. The first kappa shape index (κ1) is 38.4. The van der Waals surface area contributed by atoms with Gasteiger partial charge in [0.25, 0.3) is 5.24 Å². The number of benzene rings is 2. The molecule has 2 saturated heterocycles. The minimum absolute atomic E-state index is 0.0354. The summed E-state index contributed by atoms with van der Waals surface area (Å²) in [6.07, 6.45) is 11.1. The summed E-state index contributed by atoms with van der Waals surface area (Å²) in [5, 5.41) is 10.8. The van der Waals surface area contributed by atoms with Crippen LogP contribution >= 0.6 is 11.9 Å². The maximum Gasteiger partial charge on any atom is 0.294 e. The highest BCUT2D eigenvalue weighted by Crippen LogP contribution is 2.35.